The van der Waals surface area contributed by atoms with E-state index in [2.05, 4.69) is 39.4 Å². The smallest absolute Gasteiger partial charge is 0.250 e. The Bertz CT molecular complexity index is 1350. The summed E-state index contributed by atoms with van der Waals surface area (Å²) in [6, 6.07) is 6.62. The molecule has 11 nitrogen and oxygen atoms in total. The van der Waals surface area contributed by atoms with Crippen LogP contribution in [-0.2, 0) is 25.8 Å². The van der Waals surface area contributed by atoms with Crippen LogP contribution in [0, 0.1) is 11.8 Å². The molecule has 2 bridgehead atoms. The van der Waals surface area contributed by atoms with Gasteiger partial charge in [0.15, 0.2) is 0 Å². The van der Waals surface area contributed by atoms with E-state index in [1.54, 1.807) is 38.6 Å². The second-order valence-corrected chi connectivity index (χ2v) is 12.6. The highest BCUT2D eigenvalue weighted by molar-refractivity contribution is 9.09. The lowest BCUT2D eigenvalue weighted by Gasteiger charge is -2.37. The van der Waals surface area contributed by atoms with E-state index in [9.17, 15) is 19.5 Å². The van der Waals surface area contributed by atoms with E-state index >= 15 is 0 Å². The van der Waals surface area contributed by atoms with Crippen molar-refractivity contribution >= 4 is 44.7 Å². The topological polar surface area (TPSA) is 121 Å². The zero-order valence-corrected chi connectivity index (χ0v) is 25.6. The number of alkyl halides is 1. The summed E-state index contributed by atoms with van der Waals surface area (Å²) >= 11 is 3.73. The van der Waals surface area contributed by atoms with Gasteiger partial charge < -0.3 is 24.5 Å². The summed E-state index contributed by atoms with van der Waals surface area (Å²) in [7, 11) is 1.70. The molecule has 5 rings (SSSR count). The number of aromatic nitrogens is 3. The van der Waals surface area contributed by atoms with Gasteiger partial charge in [-0.25, -0.2) is 4.68 Å². The summed E-state index contributed by atoms with van der Waals surface area (Å²) in [5.74, 6) is -2.14. The zero-order chi connectivity index (χ0) is 30.0. The molecule has 3 saturated heterocycles. The fourth-order valence-corrected chi connectivity index (χ4v) is 7.89. The minimum Gasteiger partial charge on any atom is -0.396 e. The predicted octanol–water partition coefficient (Wildman–Crippen LogP) is 2.35. The van der Waals surface area contributed by atoms with Gasteiger partial charge in [-0.3, -0.25) is 14.4 Å². The Labute approximate surface area is 254 Å². The molecular formula is C30H39BrN6O5. The second kappa shape index (κ2) is 12.6. The molecule has 226 valence electrons. The van der Waals surface area contributed by atoms with Crippen LogP contribution >= 0.6 is 15.9 Å². The molecule has 2 aromatic rings. The number of amides is 3. The fourth-order valence-electron chi connectivity index (χ4n) is 6.95. The third-order valence-corrected chi connectivity index (χ3v) is 9.63. The van der Waals surface area contributed by atoms with E-state index in [1.807, 2.05) is 24.3 Å². The number of fused-ring (bicyclic) bond motifs is 2. The van der Waals surface area contributed by atoms with Gasteiger partial charge in [0, 0.05) is 38.1 Å². The molecule has 6 atom stereocenters. The molecule has 0 aliphatic carbocycles. The van der Waals surface area contributed by atoms with Crippen molar-refractivity contribution in [2.75, 3.05) is 33.3 Å². The van der Waals surface area contributed by atoms with E-state index in [0.717, 1.165) is 18.4 Å². The average molecular weight is 644 g/mol. The molecule has 1 aromatic carbocycles. The molecule has 3 amide bonds. The van der Waals surface area contributed by atoms with Gasteiger partial charge in [0.25, 0.3) is 0 Å². The summed E-state index contributed by atoms with van der Waals surface area (Å²) in [6.45, 7) is 8.79. The highest BCUT2D eigenvalue weighted by Gasteiger charge is 2.76. The molecule has 1 spiro atoms. The van der Waals surface area contributed by atoms with Crippen molar-refractivity contribution in [3.8, 4) is 0 Å². The summed E-state index contributed by atoms with van der Waals surface area (Å²) in [6.07, 6.45) is 6.20. The van der Waals surface area contributed by atoms with Crippen molar-refractivity contribution in [1.82, 2.24) is 29.7 Å². The van der Waals surface area contributed by atoms with Gasteiger partial charge in [0.05, 0.1) is 23.5 Å². The maximum Gasteiger partial charge on any atom is 0.250 e. The van der Waals surface area contributed by atoms with Gasteiger partial charge in [0.2, 0.25) is 17.7 Å². The number of likely N-dealkylation sites (N-methyl/N-ethyl adjacent to an activating group) is 1. The van der Waals surface area contributed by atoms with Gasteiger partial charge in [-0.15, -0.1) is 18.3 Å². The van der Waals surface area contributed by atoms with E-state index in [4.69, 9.17) is 4.74 Å². The van der Waals surface area contributed by atoms with Crippen LogP contribution in [0.25, 0.3) is 11.0 Å². The number of hydrogen-bond donors (Lipinski definition) is 1. The van der Waals surface area contributed by atoms with Crippen LogP contribution in [0.1, 0.15) is 32.1 Å². The van der Waals surface area contributed by atoms with Crippen molar-refractivity contribution in [1.29, 1.82) is 0 Å². The molecule has 0 radical (unpaired) electrons. The number of likely N-dealkylation sites (tertiary alicyclic amines) is 1. The Morgan fingerprint density at radius 2 is 1.90 bits per heavy atom. The summed E-state index contributed by atoms with van der Waals surface area (Å²) in [5, 5.41) is 17.7. The van der Waals surface area contributed by atoms with Crippen LogP contribution in [0.4, 0.5) is 0 Å². The standard InChI is InChI=1S/C30H39BrN6O5/c1-4-14-34(3)27(39)23-24-28(40)36(16-10-6-7-11-17-38)26(30(24)18-20(31)25(23)42-30)29(41)35(15-5-2)19-37-22-13-9-8-12-21(22)32-33-37/h4-5,8-9,12-13,20,23-26,38H,1-2,6-7,10-11,14-19H2,3H3/t20?,23-,24-,25-,26?,30?/m0/s1. The first-order chi connectivity index (χ1) is 20.3. The SMILES string of the molecule is C=CCN(C)C(=O)[C@H]1[C@H]2C(=O)N(CCCCCCO)C(C(=O)N(CC=C)Cn3nnc4ccccc43)C23CC(Br)[C@@H]1O3. The first-order valence-electron chi connectivity index (χ1n) is 14.6. The molecule has 1 N–H and O–H groups in total. The van der Waals surface area contributed by atoms with Gasteiger partial charge in [-0.05, 0) is 31.4 Å². The number of benzene rings is 1. The Balaban J connectivity index is 1.50. The minimum absolute atomic E-state index is 0.117. The molecule has 0 saturated carbocycles. The normalized spacial score (nSPS) is 27.8. The van der Waals surface area contributed by atoms with Crippen LogP contribution in [0.5, 0.6) is 0 Å². The van der Waals surface area contributed by atoms with Crippen molar-refractivity contribution in [2.45, 2.75) is 61.3 Å². The highest BCUT2D eigenvalue weighted by Crippen LogP contribution is 2.60. The molecular weight excluding hydrogens is 604 g/mol. The van der Waals surface area contributed by atoms with E-state index < -0.39 is 29.6 Å². The zero-order valence-electron chi connectivity index (χ0n) is 24.0. The van der Waals surface area contributed by atoms with Crippen molar-refractivity contribution in [3.63, 3.8) is 0 Å². The quantitative estimate of drug-likeness (QED) is 0.191. The monoisotopic (exact) mass is 642 g/mol. The van der Waals surface area contributed by atoms with Gasteiger partial charge >= 0.3 is 0 Å². The maximum absolute atomic E-state index is 14.6. The van der Waals surface area contributed by atoms with Gasteiger partial charge in [0.1, 0.15) is 23.8 Å². The molecule has 12 heteroatoms. The number of hydrogen-bond acceptors (Lipinski definition) is 7. The lowest BCUT2D eigenvalue weighted by molar-refractivity contribution is -0.149. The molecule has 3 aliphatic heterocycles. The number of para-hydroxylation sites is 1. The van der Waals surface area contributed by atoms with Crippen molar-refractivity contribution in [3.05, 3.63) is 49.6 Å². The molecule has 3 fully saturated rings. The first-order valence-corrected chi connectivity index (χ1v) is 15.5. The van der Waals surface area contributed by atoms with Crippen LogP contribution in [0.15, 0.2) is 49.6 Å². The van der Waals surface area contributed by atoms with Crippen LogP contribution in [0.3, 0.4) is 0 Å². The Morgan fingerprint density at radius 1 is 1.17 bits per heavy atom. The molecule has 42 heavy (non-hydrogen) atoms. The van der Waals surface area contributed by atoms with Gasteiger partial charge in [-0.2, -0.15) is 0 Å². The molecule has 4 heterocycles. The number of unbranched alkanes of at least 4 members (excludes halogenated alkanes) is 3. The van der Waals surface area contributed by atoms with E-state index in [1.165, 1.54) is 0 Å². The molecule has 1 aromatic heterocycles. The number of ether oxygens (including phenoxy) is 1. The summed E-state index contributed by atoms with van der Waals surface area (Å²) in [4.78, 5) is 47.2. The summed E-state index contributed by atoms with van der Waals surface area (Å²) < 4.78 is 8.31. The molecule has 3 unspecified atom stereocenters. The number of aliphatic hydroxyl groups excluding tert-OH is 1. The number of nitrogens with zero attached hydrogens (tertiary/aromatic N) is 6. The number of rotatable bonds is 14. The Morgan fingerprint density at radius 3 is 2.64 bits per heavy atom. The van der Waals surface area contributed by atoms with Crippen molar-refractivity contribution in [2.24, 2.45) is 11.8 Å². The van der Waals surface area contributed by atoms with Crippen LogP contribution in [-0.4, -0.2) is 108 Å². The average Bonchev–Trinajstić information content (AvgIpc) is 3.69. The summed E-state index contributed by atoms with van der Waals surface area (Å²) in [5.41, 5.74) is 0.359. The third kappa shape index (κ3) is 5.17. The first kappa shape index (κ1) is 30.4. The number of aliphatic hydroxyl groups is 1. The maximum atomic E-state index is 14.6. The van der Waals surface area contributed by atoms with Gasteiger partial charge in [-0.1, -0.05) is 58.3 Å². The number of carbonyl (C=O) groups is 3. The minimum atomic E-state index is -1.14. The van der Waals surface area contributed by atoms with Crippen LogP contribution in [0.2, 0.25) is 0 Å². The molecule has 3 aliphatic rings. The Kier molecular flexibility index (Phi) is 9.14. The third-order valence-electron chi connectivity index (χ3n) is 8.78. The fraction of sp³-hybridized carbons (Fsp3) is 0.567. The number of halogens is 1. The lowest BCUT2D eigenvalue weighted by atomic mass is 9.70. The van der Waals surface area contributed by atoms with Crippen LogP contribution < -0.4 is 0 Å². The largest absolute Gasteiger partial charge is 0.396 e. The number of carbonyl (C=O) groups excluding carboxylic acids is 3. The highest BCUT2D eigenvalue weighted by atomic mass is 79.9. The lowest BCUT2D eigenvalue weighted by Crippen LogP contribution is -2.57. The second-order valence-electron chi connectivity index (χ2n) is 11.4. The van der Waals surface area contributed by atoms with E-state index in [0.29, 0.717) is 37.9 Å². The Hall–Kier alpha value is -3.09. The van der Waals surface area contributed by atoms with Crippen molar-refractivity contribution < 1.29 is 24.2 Å². The predicted molar refractivity (Wildman–Crippen MR) is 160 cm³/mol. The van der Waals surface area contributed by atoms with E-state index in [-0.39, 0.29) is 42.4 Å².